The summed E-state index contributed by atoms with van der Waals surface area (Å²) in [6.07, 6.45) is 0. The molecule has 0 saturated carbocycles. The first-order chi connectivity index (χ1) is 8.49. The van der Waals surface area contributed by atoms with Crippen molar-refractivity contribution in [3.05, 3.63) is 53.6 Å². The van der Waals surface area contributed by atoms with Crippen LogP contribution in [0.4, 0.5) is 14.5 Å². The standard InChI is InChI=1S/C14H11F2NO/c1-8(18)9-2-4-12(14(17)6-9)11-5-3-10(15)7-13(11)16/h2-7H,17H2,1H3. The minimum atomic E-state index is -0.683. The normalized spacial score (nSPS) is 10.4. The van der Waals surface area contributed by atoms with Crippen LogP contribution < -0.4 is 5.73 Å². The fourth-order valence-electron chi connectivity index (χ4n) is 1.73. The predicted molar refractivity (Wildman–Crippen MR) is 66.2 cm³/mol. The van der Waals surface area contributed by atoms with Crippen LogP contribution in [-0.4, -0.2) is 5.78 Å². The molecule has 0 unspecified atom stereocenters. The van der Waals surface area contributed by atoms with E-state index in [4.69, 9.17) is 5.73 Å². The third kappa shape index (κ3) is 2.22. The lowest BCUT2D eigenvalue weighted by atomic mass is 10.00. The van der Waals surface area contributed by atoms with Crippen molar-refractivity contribution >= 4 is 11.5 Å². The first kappa shape index (κ1) is 12.2. The second-order valence-electron chi connectivity index (χ2n) is 3.98. The van der Waals surface area contributed by atoms with Crippen LogP contribution in [0.1, 0.15) is 17.3 Å². The minimum Gasteiger partial charge on any atom is -0.398 e. The molecule has 0 heterocycles. The van der Waals surface area contributed by atoms with Crippen molar-refractivity contribution in [1.82, 2.24) is 0 Å². The summed E-state index contributed by atoms with van der Waals surface area (Å²) in [4.78, 5) is 11.2. The van der Waals surface area contributed by atoms with E-state index in [1.165, 1.54) is 19.1 Å². The number of anilines is 1. The zero-order valence-corrected chi connectivity index (χ0v) is 9.71. The van der Waals surface area contributed by atoms with Gasteiger partial charge in [0, 0.05) is 28.4 Å². The van der Waals surface area contributed by atoms with Gasteiger partial charge >= 0.3 is 0 Å². The molecule has 2 nitrogen and oxygen atoms in total. The number of hydrogen-bond acceptors (Lipinski definition) is 2. The smallest absolute Gasteiger partial charge is 0.159 e. The van der Waals surface area contributed by atoms with Crippen LogP contribution in [0, 0.1) is 11.6 Å². The Hall–Kier alpha value is -2.23. The molecular weight excluding hydrogens is 236 g/mol. The van der Waals surface area contributed by atoms with Crippen molar-refractivity contribution in [2.75, 3.05) is 5.73 Å². The lowest BCUT2D eigenvalue weighted by molar-refractivity contribution is 0.101. The van der Waals surface area contributed by atoms with Crippen molar-refractivity contribution in [3.63, 3.8) is 0 Å². The summed E-state index contributed by atoms with van der Waals surface area (Å²) in [6.45, 7) is 1.42. The molecule has 0 aromatic heterocycles. The topological polar surface area (TPSA) is 43.1 Å². The molecule has 0 saturated heterocycles. The quantitative estimate of drug-likeness (QED) is 0.652. The van der Waals surface area contributed by atoms with E-state index in [9.17, 15) is 13.6 Å². The van der Waals surface area contributed by atoms with Crippen LogP contribution in [0.15, 0.2) is 36.4 Å². The van der Waals surface area contributed by atoms with Crippen LogP contribution in [0.5, 0.6) is 0 Å². The van der Waals surface area contributed by atoms with Gasteiger partial charge in [-0.3, -0.25) is 4.79 Å². The Bertz CT molecular complexity index is 623. The number of hydrogen-bond donors (Lipinski definition) is 1. The highest BCUT2D eigenvalue weighted by Gasteiger charge is 2.10. The third-order valence-electron chi connectivity index (χ3n) is 2.68. The van der Waals surface area contributed by atoms with E-state index in [1.54, 1.807) is 12.1 Å². The lowest BCUT2D eigenvalue weighted by Crippen LogP contribution is -1.98. The molecule has 2 rings (SSSR count). The van der Waals surface area contributed by atoms with Crippen molar-refractivity contribution in [2.24, 2.45) is 0 Å². The average molecular weight is 247 g/mol. The molecule has 0 aliphatic heterocycles. The Morgan fingerprint density at radius 3 is 2.28 bits per heavy atom. The predicted octanol–water partition coefficient (Wildman–Crippen LogP) is 3.42. The number of carbonyl (C=O) groups is 1. The number of carbonyl (C=O) groups excluding carboxylic acids is 1. The summed E-state index contributed by atoms with van der Waals surface area (Å²) >= 11 is 0. The third-order valence-corrected chi connectivity index (χ3v) is 2.68. The van der Waals surface area contributed by atoms with Gasteiger partial charge in [-0.25, -0.2) is 8.78 Å². The molecule has 4 heteroatoms. The molecule has 0 aliphatic rings. The summed E-state index contributed by atoms with van der Waals surface area (Å²) < 4.78 is 26.4. The van der Waals surface area contributed by atoms with Crippen molar-refractivity contribution in [1.29, 1.82) is 0 Å². The number of ketones is 1. The maximum absolute atomic E-state index is 13.6. The van der Waals surface area contributed by atoms with Crippen LogP contribution in [0.3, 0.4) is 0 Å². The lowest BCUT2D eigenvalue weighted by Gasteiger charge is -2.08. The van der Waals surface area contributed by atoms with Crippen LogP contribution in [0.2, 0.25) is 0 Å². The molecule has 0 radical (unpaired) electrons. The SMILES string of the molecule is CC(=O)c1ccc(-c2ccc(F)cc2F)c(N)c1. The Morgan fingerprint density at radius 1 is 1.06 bits per heavy atom. The van der Waals surface area contributed by atoms with E-state index in [0.717, 1.165) is 12.1 Å². The maximum Gasteiger partial charge on any atom is 0.159 e. The fourth-order valence-corrected chi connectivity index (χ4v) is 1.73. The van der Waals surface area contributed by atoms with Gasteiger partial charge in [-0.15, -0.1) is 0 Å². The monoisotopic (exact) mass is 247 g/mol. The second-order valence-corrected chi connectivity index (χ2v) is 3.98. The number of rotatable bonds is 2. The van der Waals surface area contributed by atoms with Gasteiger partial charge in [-0.1, -0.05) is 12.1 Å². The Morgan fingerprint density at radius 2 is 1.72 bits per heavy atom. The molecule has 18 heavy (non-hydrogen) atoms. The first-order valence-corrected chi connectivity index (χ1v) is 5.35. The number of halogens is 2. The number of benzene rings is 2. The van der Waals surface area contributed by atoms with Crippen molar-refractivity contribution < 1.29 is 13.6 Å². The molecule has 2 aromatic carbocycles. The molecule has 2 aromatic rings. The highest BCUT2D eigenvalue weighted by atomic mass is 19.1. The Labute approximate surface area is 103 Å². The van der Waals surface area contributed by atoms with E-state index in [-0.39, 0.29) is 17.0 Å². The van der Waals surface area contributed by atoms with Crippen LogP contribution in [0.25, 0.3) is 11.1 Å². The van der Waals surface area contributed by atoms with E-state index in [2.05, 4.69) is 0 Å². The minimum absolute atomic E-state index is 0.118. The van der Waals surface area contributed by atoms with Gasteiger partial charge in [0.1, 0.15) is 11.6 Å². The highest BCUT2D eigenvalue weighted by Crippen LogP contribution is 2.29. The summed E-state index contributed by atoms with van der Waals surface area (Å²) in [6, 6.07) is 7.90. The van der Waals surface area contributed by atoms with Gasteiger partial charge in [-0.05, 0) is 25.1 Å². The Balaban J connectivity index is 2.54. The van der Waals surface area contributed by atoms with Gasteiger partial charge in [0.15, 0.2) is 5.78 Å². The van der Waals surface area contributed by atoms with Gasteiger partial charge in [0.25, 0.3) is 0 Å². The van der Waals surface area contributed by atoms with Gasteiger partial charge in [0.2, 0.25) is 0 Å². The molecule has 0 amide bonds. The zero-order valence-electron chi connectivity index (χ0n) is 9.71. The van der Waals surface area contributed by atoms with Crippen LogP contribution >= 0.6 is 0 Å². The van der Waals surface area contributed by atoms with E-state index in [0.29, 0.717) is 11.1 Å². The second kappa shape index (κ2) is 4.56. The van der Waals surface area contributed by atoms with Gasteiger partial charge < -0.3 is 5.73 Å². The van der Waals surface area contributed by atoms with Crippen LogP contribution in [-0.2, 0) is 0 Å². The van der Waals surface area contributed by atoms with Gasteiger partial charge in [-0.2, -0.15) is 0 Å². The number of nitrogens with two attached hydrogens (primary N) is 1. The molecule has 2 N–H and O–H groups in total. The Kier molecular flexibility index (Phi) is 3.10. The molecule has 0 bridgehead atoms. The highest BCUT2D eigenvalue weighted by molar-refractivity contribution is 5.96. The zero-order chi connectivity index (χ0) is 13.3. The molecular formula is C14H11F2NO. The summed E-state index contributed by atoms with van der Waals surface area (Å²) in [5.41, 5.74) is 7.18. The molecule has 0 spiro atoms. The first-order valence-electron chi connectivity index (χ1n) is 5.35. The van der Waals surface area contributed by atoms with Gasteiger partial charge in [0.05, 0.1) is 0 Å². The fraction of sp³-hybridized carbons (Fsp3) is 0.0714. The average Bonchev–Trinajstić information content (AvgIpc) is 2.30. The summed E-state index contributed by atoms with van der Waals surface area (Å²) in [5, 5.41) is 0. The molecule has 0 aliphatic carbocycles. The molecule has 0 atom stereocenters. The van der Waals surface area contributed by atoms with E-state index < -0.39 is 11.6 Å². The molecule has 92 valence electrons. The number of nitrogen functional groups attached to an aromatic ring is 1. The van der Waals surface area contributed by atoms with E-state index in [1.807, 2.05) is 0 Å². The maximum atomic E-state index is 13.6. The van der Waals surface area contributed by atoms with E-state index >= 15 is 0 Å². The largest absolute Gasteiger partial charge is 0.398 e. The van der Waals surface area contributed by atoms with Crippen molar-refractivity contribution in [2.45, 2.75) is 6.92 Å². The molecule has 0 fully saturated rings. The summed E-state index contributed by atoms with van der Waals surface area (Å²) in [7, 11) is 0. The van der Waals surface area contributed by atoms with Crippen molar-refractivity contribution in [3.8, 4) is 11.1 Å². The number of Topliss-reactive ketones (excluding diaryl/α,β-unsaturated/α-hetero) is 1. The summed E-state index contributed by atoms with van der Waals surface area (Å²) in [5.74, 6) is -1.44.